The quantitative estimate of drug-likeness (QED) is 0.621. The maximum absolute atomic E-state index is 6.70. The summed E-state index contributed by atoms with van der Waals surface area (Å²) in [6.07, 6.45) is 7.06. The highest BCUT2D eigenvalue weighted by Crippen LogP contribution is 2.69. The molecule has 2 bridgehead atoms. The lowest BCUT2D eigenvalue weighted by molar-refractivity contribution is -0.364. The lowest BCUT2D eigenvalue weighted by Crippen LogP contribution is -2.74. The topological polar surface area (TPSA) is 18.5 Å². The Morgan fingerprint density at radius 3 is 2.14 bits per heavy atom. The van der Waals surface area contributed by atoms with Crippen LogP contribution in [0.5, 0.6) is 0 Å². The van der Waals surface area contributed by atoms with E-state index in [0.717, 1.165) is 12.3 Å². The van der Waals surface area contributed by atoms with Gasteiger partial charge in [-0.1, -0.05) is 86.7 Å². The molecule has 29 heavy (non-hydrogen) atoms. The second-order valence-corrected chi connectivity index (χ2v) is 10.2. The Labute approximate surface area is 174 Å². The minimum Gasteiger partial charge on any atom is -0.346 e. The Morgan fingerprint density at radius 1 is 0.828 bits per heavy atom. The van der Waals surface area contributed by atoms with Crippen molar-refractivity contribution >= 4 is 6.08 Å². The molecule has 5 atom stereocenters. The van der Waals surface area contributed by atoms with E-state index in [4.69, 9.17) is 9.47 Å². The number of ether oxygens (including phenoxy) is 2. The monoisotopic (exact) mass is 388 g/mol. The van der Waals surface area contributed by atoms with Gasteiger partial charge in [-0.2, -0.15) is 0 Å². The average Bonchev–Trinajstić information content (AvgIpc) is 2.72. The van der Waals surface area contributed by atoms with E-state index in [9.17, 15) is 0 Å². The highest BCUT2D eigenvalue weighted by atomic mass is 16.7. The van der Waals surface area contributed by atoms with Crippen molar-refractivity contribution in [2.24, 2.45) is 17.3 Å². The van der Waals surface area contributed by atoms with Gasteiger partial charge in [0.15, 0.2) is 5.79 Å². The molecule has 2 aromatic rings. The fourth-order valence-corrected chi connectivity index (χ4v) is 6.44. The first-order valence-corrected chi connectivity index (χ1v) is 11.0. The summed E-state index contributed by atoms with van der Waals surface area (Å²) in [6.45, 7) is 9.03. The van der Waals surface area contributed by atoms with E-state index in [1.165, 1.54) is 17.5 Å². The molecule has 0 aromatic heterocycles. The summed E-state index contributed by atoms with van der Waals surface area (Å²) in [7, 11) is 0. The molecule has 0 unspecified atom stereocenters. The summed E-state index contributed by atoms with van der Waals surface area (Å²) in [6, 6.07) is 21.5. The van der Waals surface area contributed by atoms with Gasteiger partial charge in [-0.15, -0.1) is 0 Å². The normalized spacial score (nSPS) is 37.0. The van der Waals surface area contributed by atoms with E-state index in [0.29, 0.717) is 11.3 Å². The summed E-state index contributed by atoms with van der Waals surface area (Å²) >= 11 is 0. The lowest BCUT2D eigenvalue weighted by atomic mass is 9.37. The van der Waals surface area contributed by atoms with Gasteiger partial charge >= 0.3 is 0 Å². The zero-order chi connectivity index (χ0) is 20.3. The van der Waals surface area contributed by atoms with Gasteiger partial charge in [0.05, 0.1) is 17.6 Å². The van der Waals surface area contributed by atoms with Crippen molar-refractivity contribution in [1.29, 1.82) is 0 Å². The third kappa shape index (κ3) is 2.84. The third-order valence-electron chi connectivity index (χ3n) is 7.92. The molecule has 4 fully saturated rings. The van der Waals surface area contributed by atoms with E-state index in [1.807, 2.05) is 0 Å². The summed E-state index contributed by atoms with van der Waals surface area (Å²) < 4.78 is 13.4. The molecule has 0 radical (unpaired) electrons. The predicted octanol–water partition coefficient (Wildman–Crippen LogP) is 6.22. The zero-order valence-electron chi connectivity index (χ0n) is 18.0. The first-order chi connectivity index (χ1) is 13.8. The fourth-order valence-electron chi connectivity index (χ4n) is 6.44. The molecule has 2 nitrogen and oxygen atoms in total. The highest BCUT2D eigenvalue weighted by molar-refractivity contribution is 5.51. The lowest BCUT2D eigenvalue weighted by Gasteiger charge is -2.71. The Balaban J connectivity index is 1.66. The van der Waals surface area contributed by atoms with Gasteiger partial charge in [-0.3, -0.25) is 0 Å². The van der Waals surface area contributed by atoms with E-state index < -0.39 is 5.79 Å². The van der Waals surface area contributed by atoms with Crippen LogP contribution in [0.2, 0.25) is 0 Å². The van der Waals surface area contributed by atoms with Crippen LogP contribution in [-0.4, -0.2) is 18.0 Å². The zero-order valence-corrected chi connectivity index (χ0v) is 18.0. The van der Waals surface area contributed by atoms with Crippen molar-refractivity contribution in [3.05, 3.63) is 77.9 Å². The molecule has 2 heteroatoms. The molecule has 3 saturated carbocycles. The van der Waals surface area contributed by atoms with Crippen LogP contribution in [0.1, 0.15) is 51.7 Å². The van der Waals surface area contributed by atoms with Gasteiger partial charge in [-0.05, 0) is 55.1 Å². The van der Waals surface area contributed by atoms with Crippen LogP contribution < -0.4 is 0 Å². The number of hydrogen-bond donors (Lipinski definition) is 0. The average molecular weight is 389 g/mol. The van der Waals surface area contributed by atoms with Crippen LogP contribution in [0.4, 0.5) is 0 Å². The molecule has 3 aliphatic carbocycles. The van der Waals surface area contributed by atoms with Gasteiger partial charge in [0.1, 0.15) is 0 Å². The Bertz CT molecular complexity index is 899. The molecule has 4 aliphatic rings. The standard InChI is InChI=1S/C27H32O2/c1-25(2)21-17-22(25)27(20-13-9-6-10-14-20)23(16-15-19-11-7-5-8-12-19)28-26(3,4)29-24(27)18-21/h5-16,21-24H,17-18H2,1-4H3/b16-15+/t21-,22-,23-,24+,27+/m1/s1. The van der Waals surface area contributed by atoms with E-state index >= 15 is 0 Å². The second-order valence-electron chi connectivity index (χ2n) is 10.2. The molecule has 6 rings (SSSR count). The van der Waals surface area contributed by atoms with E-state index in [2.05, 4.69) is 101 Å². The van der Waals surface area contributed by atoms with Gasteiger partial charge in [0.2, 0.25) is 0 Å². The smallest absolute Gasteiger partial charge is 0.164 e. The van der Waals surface area contributed by atoms with Crippen LogP contribution in [-0.2, 0) is 14.9 Å². The number of hydrogen-bond acceptors (Lipinski definition) is 2. The van der Waals surface area contributed by atoms with Crippen molar-refractivity contribution in [1.82, 2.24) is 0 Å². The van der Waals surface area contributed by atoms with E-state index in [-0.39, 0.29) is 17.6 Å². The van der Waals surface area contributed by atoms with Crippen LogP contribution in [0.25, 0.3) is 6.08 Å². The van der Waals surface area contributed by atoms with Crippen LogP contribution >= 0.6 is 0 Å². The first kappa shape index (κ1) is 19.1. The molecule has 1 aliphatic heterocycles. The van der Waals surface area contributed by atoms with Crippen molar-refractivity contribution < 1.29 is 9.47 Å². The van der Waals surface area contributed by atoms with Gasteiger partial charge in [-0.25, -0.2) is 0 Å². The van der Waals surface area contributed by atoms with Gasteiger partial charge in [0.25, 0.3) is 0 Å². The Hall–Kier alpha value is -1.90. The number of rotatable bonds is 3. The summed E-state index contributed by atoms with van der Waals surface area (Å²) in [5.74, 6) is 0.701. The van der Waals surface area contributed by atoms with Crippen LogP contribution in [0.3, 0.4) is 0 Å². The molecule has 2 aromatic carbocycles. The second kappa shape index (κ2) is 6.55. The largest absolute Gasteiger partial charge is 0.346 e. The molecule has 0 spiro atoms. The molecule has 1 saturated heterocycles. The SMILES string of the molecule is CC1(C)O[C@H]2C[C@H]3C[C@H](C3(C)C)[C@@]2(c2ccccc2)[C@@H](/C=C/c2ccccc2)O1. The summed E-state index contributed by atoms with van der Waals surface area (Å²) in [5.41, 5.74) is 2.72. The molecule has 0 N–H and O–H groups in total. The van der Waals surface area contributed by atoms with Crippen molar-refractivity contribution in [3.63, 3.8) is 0 Å². The highest BCUT2D eigenvalue weighted by Gasteiger charge is 2.70. The molecule has 1 heterocycles. The number of benzene rings is 2. The third-order valence-corrected chi connectivity index (χ3v) is 7.92. The van der Waals surface area contributed by atoms with Crippen LogP contribution in [0.15, 0.2) is 66.7 Å². The minimum absolute atomic E-state index is 0.0237. The predicted molar refractivity (Wildman–Crippen MR) is 117 cm³/mol. The maximum Gasteiger partial charge on any atom is 0.164 e. The van der Waals surface area contributed by atoms with Crippen LogP contribution in [0, 0.1) is 17.3 Å². The Morgan fingerprint density at radius 2 is 1.48 bits per heavy atom. The van der Waals surface area contributed by atoms with Gasteiger partial charge in [0, 0.05) is 0 Å². The van der Waals surface area contributed by atoms with Gasteiger partial charge < -0.3 is 9.47 Å². The van der Waals surface area contributed by atoms with Crippen molar-refractivity contribution in [3.8, 4) is 0 Å². The molecular formula is C27H32O2. The maximum atomic E-state index is 6.70. The molecule has 0 amide bonds. The summed E-state index contributed by atoms with van der Waals surface area (Å²) in [5, 5.41) is 0. The van der Waals surface area contributed by atoms with Crippen molar-refractivity contribution in [2.45, 2.75) is 63.9 Å². The molecular weight excluding hydrogens is 356 g/mol. The van der Waals surface area contributed by atoms with E-state index in [1.54, 1.807) is 0 Å². The van der Waals surface area contributed by atoms with Crippen molar-refractivity contribution in [2.75, 3.05) is 0 Å². The summed E-state index contributed by atoms with van der Waals surface area (Å²) in [4.78, 5) is 0. The first-order valence-electron chi connectivity index (χ1n) is 11.0. The Kier molecular flexibility index (Phi) is 4.31. The fraction of sp³-hybridized carbons (Fsp3) is 0.481. The molecule has 152 valence electrons. The minimum atomic E-state index is -0.581.